The molecule has 4 nitrogen and oxygen atoms in total. The van der Waals surface area contributed by atoms with E-state index in [1.807, 2.05) is 0 Å². The summed E-state index contributed by atoms with van der Waals surface area (Å²) in [7, 11) is 0. The Morgan fingerprint density at radius 1 is 1.12 bits per heavy atom. The van der Waals surface area contributed by atoms with Crippen LogP contribution in [0.5, 0.6) is 0 Å². The molecule has 0 bridgehead atoms. The Labute approximate surface area is 153 Å². The average Bonchev–Trinajstić information content (AvgIpc) is 2.52. The van der Waals surface area contributed by atoms with Crippen molar-refractivity contribution in [1.29, 1.82) is 0 Å². The Hall–Kier alpha value is -2.18. The van der Waals surface area contributed by atoms with Gasteiger partial charge in [-0.15, -0.1) is 0 Å². The van der Waals surface area contributed by atoms with Crippen molar-refractivity contribution < 1.29 is 18.4 Å². The zero-order valence-corrected chi connectivity index (χ0v) is 14.7. The first-order valence-corrected chi connectivity index (χ1v) is 8.02. The lowest BCUT2D eigenvalue weighted by molar-refractivity contribution is -0.117. The molecule has 0 saturated carbocycles. The van der Waals surface area contributed by atoms with E-state index in [-0.39, 0.29) is 34.6 Å². The molecule has 0 unspecified atom stereocenters. The smallest absolute Gasteiger partial charge is 0.226 e. The van der Waals surface area contributed by atoms with E-state index in [0.29, 0.717) is 11.8 Å². The summed E-state index contributed by atoms with van der Waals surface area (Å²) in [5, 5.41) is 2.87. The van der Waals surface area contributed by atoms with Crippen LogP contribution >= 0.6 is 23.2 Å². The van der Waals surface area contributed by atoms with Crippen LogP contribution in [0.1, 0.15) is 13.3 Å². The van der Waals surface area contributed by atoms with E-state index in [0.717, 1.165) is 12.1 Å². The highest BCUT2D eigenvalue weighted by molar-refractivity contribution is 6.39. The molecule has 0 saturated heterocycles. The molecule has 0 heterocycles. The molecule has 2 aromatic rings. The molecule has 0 aliphatic heterocycles. The highest BCUT2D eigenvalue weighted by Gasteiger charge is 2.19. The van der Waals surface area contributed by atoms with Gasteiger partial charge >= 0.3 is 0 Å². The molecule has 8 heteroatoms. The summed E-state index contributed by atoms with van der Waals surface area (Å²) in [6, 6.07) is 7.61. The number of hydrogen-bond acceptors (Lipinski definition) is 2. The van der Waals surface area contributed by atoms with Crippen molar-refractivity contribution in [2.75, 3.05) is 16.8 Å². The molecule has 2 rings (SSSR count). The minimum atomic E-state index is -0.883. The third kappa shape index (κ3) is 4.90. The molecule has 0 aromatic heterocycles. The molecule has 0 radical (unpaired) electrons. The zero-order valence-electron chi connectivity index (χ0n) is 13.2. The Kier molecular flexibility index (Phi) is 6.33. The van der Waals surface area contributed by atoms with E-state index < -0.39 is 17.5 Å². The number of nitrogens with one attached hydrogen (secondary N) is 1. The fraction of sp³-hybridized carbons (Fsp3) is 0.176. The van der Waals surface area contributed by atoms with Crippen LogP contribution in [-0.4, -0.2) is 18.4 Å². The lowest BCUT2D eigenvalue weighted by Gasteiger charge is -2.23. The van der Waals surface area contributed by atoms with E-state index in [9.17, 15) is 18.4 Å². The molecule has 132 valence electrons. The SMILES string of the molecule is CC(=O)N(CCC(=O)Nc1ccc(F)cc1F)c1c(Cl)cccc1Cl. The summed E-state index contributed by atoms with van der Waals surface area (Å²) < 4.78 is 26.4. The first-order valence-electron chi connectivity index (χ1n) is 7.26. The Balaban J connectivity index is 2.09. The van der Waals surface area contributed by atoms with Gasteiger partial charge in [-0.25, -0.2) is 8.78 Å². The van der Waals surface area contributed by atoms with Crippen molar-refractivity contribution in [1.82, 2.24) is 0 Å². The maximum Gasteiger partial charge on any atom is 0.226 e. The van der Waals surface area contributed by atoms with Gasteiger partial charge in [0.1, 0.15) is 11.6 Å². The second-order valence-corrected chi connectivity index (χ2v) is 5.98. The van der Waals surface area contributed by atoms with Gasteiger partial charge in [-0.05, 0) is 24.3 Å². The number of carbonyl (C=O) groups is 2. The molecule has 0 spiro atoms. The summed E-state index contributed by atoms with van der Waals surface area (Å²) in [5.41, 5.74) is 0.163. The molecule has 0 atom stereocenters. The first kappa shape index (κ1) is 19.1. The van der Waals surface area contributed by atoms with E-state index in [1.165, 1.54) is 11.8 Å². The van der Waals surface area contributed by atoms with Crippen LogP contribution in [0.2, 0.25) is 10.0 Å². The van der Waals surface area contributed by atoms with E-state index in [2.05, 4.69) is 5.32 Å². The van der Waals surface area contributed by atoms with Crippen LogP contribution in [0.4, 0.5) is 20.2 Å². The molecule has 0 aliphatic carbocycles. The normalized spacial score (nSPS) is 10.4. The second kappa shape index (κ2) is 8.27. The standard InChI is InChI=1S/C17H14Cl2F2N2O2/c1-10(24)23(17-12(18)3-2-4-13(17)19)8-7-16(25)22-15-6-5-11(20)9-14(15)21/h2-6,9H,7-8H2,1H3,(H,22,25). The predicted octanol–water partition coefficient (Wildman–Crippen LogP) is 4.65. The Bertz CT molecular complexity index is 795. The molecule has 0 aliphatic rings. The molecule has 1 N–H and O–H groups in total. The number of benzene rings is 2. The summed E-state index contributed by atoms with van der Waals surface area (Å²) in [4.78, 5) is 25.2. The largest absolute Gasteiger partial charge is 0.324 e. The maximum atomic E-state index is 13.6. The second-order valence-electron chi connectivity index (χ2n) is 5.16. The summed E-state index contributed by atoms with van der Waals surface area (Å²) >= 11 is 12.2. The minimum Gasteiger partial charge on any atom is -0.324 e. The van der Waals surface area contributed by atoms with Crippen LogP contribution in [0.25, 0.3) is 0 Å². The zero-order chi connectivity index (χ0) is 18.6. The quantitative estimate of drug-likeness (QED) is 0.812. The average molecular weight is 387 g/mol. The number of hydrogen-bond donors (Lipinski definition) is 1. The number of para-hydroxylation sites is 1. The maximum absolute atomic E-state index is 13.6. The van der Waals surface area contributed by atoms with Gasteiger partial charge in [-0.1, -0.05) is 29.3 Å². The molecular formula is C17H14Cl2F2N2O2. The molecule has 2 aromatic carbocycles. The highest BCUT2D eigenvalue weighted by atomic mass is 35.5. The number of carbonyl (C=O) groups excluding carboxylic acids is 2. The molecular weight excluding hydrogens is 373 g/mol. The van der Waals surface area contributed by atoms with Crippen LogP contribution in [0.3, 0.4) is 0 Å². The Morgan fingerprint density at radius 2 is 1.76 bits per heavy atom. The molecule has 0 fully saturated rings. The minimum absolute atomic E-state index is 0.00651. The number of anilines is 2. The van der Waals surface area contributed by atoms with Crippen LogP contribution in [0, 0.1) is 11.6 Å². The van der Waals surface area contributed by atoms with Gasteiger partial charge in [0.2, 0.25) is 11.8 Å². The number of nitrogens with zero attached hydrogens (tertiary/aromatic N) is 1. The van der Waals surface area contributed by atoms with Gasteiger partial charge in [0.25, 0.3) is 0 Å². The van der Waals surface area contributed by atoms with Crippen molar-refractivity contribution in [2.24, 2.45) is 0 Å². The lowest BCUT2D eigenvalue weighted by atomic mass is 10.2. The lowest BCUT2D eigenvalue weighted by Crippen LogP contribution is -2.32. The van der Waals surface area contributed by atoms with Crippen molar-refractivity contribution in [3.8, 4) is 0 Å². The van der Waals surface area contributed by atoms with Gasteiger partial charge in [0.05, 0.1) is 21.4 Å². The van der Waals surface area contributed by atoms with Gasteiger partial charge < -0.3 is 10.2 Å². The van der Waals surface area contributed by atoms with Crippen molar-refractivity contribution in [3.05, 3.63) is 58.1 Å². The summed E-state index contributed by atoms with van der Waals surface area (Å²) in [5.74, 6) is -2.52. The molecule has 25 heavy (non-hydrogen) atoms. The van der Waals surface area contributed by atoms with Gasteiger partial charge in [-0.2, -0.15) is 0 Å². The van der Waals surface area contributed by atoms with Crippen molar-refractivity contribution in [3.63, 3.8) is 0 Å². The topological polar surface area (TPSA) is 49.4 Å². The van der Waals surface area contributed by atoms with Gasteiger partial charge in [0, 0.05) is 26.0 Å². The van der Waals surface area contributed by atoms with E-state index >= 15 is 0 Å². The summed E-state index contributed by atoms with van der Waals surface area (Å²) in [6.07, 6.45) is -0.127. The van der Waals surface area contributed by atoms with Crippen molar-refractivity contribution >= 4 is 46.4 Å². The van der Waals surface area contributed by atoms with Gasteiger partial charge in [-0.3, -0.25) is 9.59 Å². The number of halogens is 4. The van der Waals surface area contributed by atoms with Crippen LogP contribution in [0.15, 0.2) is 36.4 Å². The monoisotopic (exact) mass is 386 g/mol. The van der Waals surface area contributed by atoms with Crippen molar-refractivity contribution in [2.45, 2.75) is 13.3 Å². The van der Waals surface area contributed by atoms with E-state index in [1.54, 1.807) is 18.2 Å². The predicted molar refractivity (Wildman–Crippen MR) is 94.1 cm³/mol. The first-order chi connectivity index (χ1) is 11.8. The van der Waals surface area contributed by atoms with E-state index in [4.69, 9.17) is 23.2 Å². The molecule has 2 amide bonds. The fourth-order valence-corrected chi connectivity index (χ4v) is 2.79. The Morgan fingerprint density at radius 3 is 2.32 bits per heavy atom. The third-order valence-electron chi connectivity index (χ3n) is 3.36. The van der Waals surface area contributed by atoms with Gasteiger partial charge in [0.15, 0.2) is 0 Å². The fourth-order valence-electron chi connectivity index (χ4n) is 2.19. The van der Waals surface area contributed by atoms with Crippen LogP contribution < -0.4 is 10.2 Å². The number of rotatable bonds is 5. The third-order valence-corrected chi connectivity index (χ3v) is 3.97. The number of amides is 2. The highest BCUT2D eigenvalue weighted by Crippen LogP contribution is 2.33. The summed E-state index contributed by atoms with van der Waals surface area (Å²) in [6.45, 7) is 1.31. The van der Waals surface area contributed by atoms with Crippen LogP contribution in [-0.2, 0) is 9.59 Å².